The van der Waals surface area contributed by atoms with E-state index >= 15 is 0 Å². The lowest BCUT2D eigenvalue weighted by molar-refractivity contribution is -0.393. The zero-order chi connectivity index (χ0) is 44.8. The quantitative estimate of drug-likeness (QED) is 0.214. The van der Waals surface area contributed by atoms with Crippen LogP contribution in [0.4, 0.5) is 0 Å². The van der Waals surface area contributed by atoms with E-state index in [4.69, 9.17) is 14.2 Å². The van der Waals surface area contributed by atoms with E-state index < -0.39 is 119 Å². The van der Waals surface area contributed by atoms with Gasteiger partial charge in [-0.2, -0.15) is 0 Å². The SMILES string of the molecule is CC[C@@H]1/C=C/C=C/C[C@H](C)[C@@H](O)[C@](C)(O)C(=O)[C@H](C)C(O)[C@H](C)C(=O)[C@H](C)[C@@H](O)[C@H](C)/C=C/C(=O)O[C@H]2[C@@H](C)[C@@H](CC1)O[C@]1(O[C@H](C[C@H](C)O)[C@H](C)CC1=O)[C@]2(O)CC. The van der Waals surface area contributed by atoms with E-state index in [0.717, 1.165) is 12.5 Å². The predicted molar refractivity (Wildman–Crippen MR) is 221 cm³/mol. The van der Waals surface area contributed by atoms with Gasteiger partial charge in [0.25, 0.3) is 5.79 Å². The van der Waals surface area contributed by atoms with Crippen molar-refractivity contribution in [3.63, 3.8) is 0 Å². The number of carbonyl (C=O) groups is 4. The molecule has 3 rings (SSSR count). The Hall–Kier alpha value is -2.62. The number of Topliss-reactive ketones (excluding diaryl/α,β-unsaturated/α-hetero) is 3. The van der Waals surface area contributed by atoms with E-state index in [1.54, 1.807) is 34.6 Å². The largest absolute Gasteiger partial charge is 0.456 e. The number of ether oxygens (including phenoxy) is 3. The molecule has 0 saturated carbocycles. The van der Waals surface area contributed by atoms with Crippen molar-refractivity contribution in [2.24, 2.45) is 47.3 Å². The van der Waals surface area contributed by atoms with Crippen molar-refractivity contribution < 1.29 is 64.0 Å². The van der Waals surface area contributed by atoms with Crippen LogP contribution in [0.5, 0.6) is 0 Å². The van der Waals surface area contributed by atoms with Gasteiger partial charge < -0.3 is 44.8 Å². The monoisotopic (exact) mass is 835 g/mol. The number of fused-ring (bicyclic) bond motifs is 2. The van der Waals surface area contributed by atoms with Crippen molar-refractivity contribution in [2.75, 3.05) is 0 Å². The van der Waals surface area contributed by atoms with Gasteiger partial charge in [-0.3, -0.25) is 14.4 Å². The summed E-state index contributed by atoms with van der Waals surface area (Å²) in [6.07, 6.45) is 4.55. The van der Waals surface area contributed by atoms with Crippen LogP contribution in [0, 0.1) is 47.3 Å². The molecular weight excluding hydrogens is 760 g/mol. The summed E-state index contributed by atoms with van der Waals surface area (Å²) in [5, 5.41) is 67.7. The third-order valence-corrected chi connectivity index (χ3v) is 13.6. The minimum atomic E-state index is -2.23. The Kier molecular flexibility index (Phi) is 18.0. The highest BCUT2D eigenvalue weighted by molar-refractivity contribution is 5.91. The van der Waals surface area contributed by atoms with Gasteiger partial charge in [0.15, 0.2) is 17.2 Å². The smallest absolute Gasteiger partial charge is 0.330 e. The molecule has 1 spiro atoms. The normalized spacial score (nSPS) is 46.3. The van der Waals surface area contributed by atoms with Crippen LogP contribution in [0.1, 0.15) is 121 Å². The Bertz CT molecular complexity index is 1540. The Morgan fingerprint density at radius 2 is 1.46 bits per heavy atom. The average Bonchev–Trinajstić information content (AvgIpc) is 3.19. The van der Waals surface area contributed by atoms with Gasteiger partial charge in [0, 0.05) is 42.1 Å². The molecule has 0 amide bonds. The van der Waals surface area contributed by atoms with Crippen molar-refractivity contribution in [1.82, 2.24) is 0 Å². The maximum absolute atomic E-state index is 14.2. The molecular formula is C46H74O13. The van der Waals surface area contributed by atoms with Gasteiger partial charge in [0.05, 0.1) is 36.6 Å². The molecule has 13 heteroatoms. The third-order valence-electron chi connectivity index (χ3n) is 13.6. The van der Waals surface area contributed by atoms with E-state index in [9.17, 15) is 49.8 Å². The molecule has 3 aliphatic rings. The van der Waals surface area contributed by atoms with E-state index in [2.05, 4.69) is 0 Å². The molecule has 0 aromatic carbocycles. The van der Waals surface area contributed by atoms with Crippen LogP contribution in [0.2, 0.25) is 0 Å². The Labute approximate surface area is 351 Å². The molecule has 2 saturated heterocycles. The van der Waals surface area contributed by atoms with Crippen LogP contribution in [0.3, 0.4) is 0 Å². The number of aliphatic hydroxyl groups excluding tert-OH is 4. The predicted octanol–water partition coefficient (Wildman–Crippen LogP) is 4.57. The minimum Gasteiger partial charge on any atom is -0.456 e. The summed E-state index contributed by atoms with van der Waals surface area (Å²) in [4.78, 5) is 54.9. The zero-order valence-corrected chi connectivity index (χ0v) is 37.1. The summed E-state index contributed by atoms with van der Waals surface area (Å²) < 4.78 is 19.3. The second-order valence-corrected chi connectivity index (χ2v) is 18.3. The van der Waals surface area contributed by atoms with Gasteiger partial charge in [-0.05, 0) is 70.1 Å². The Morgan fingerprint density at radius 1 is 0.831 bits per heavy atom. The van der Waals surface area contributed by atoms with Crippen LogP contribution in [-0.2, 0) is 33.4 Å². The lowest BCUT2D eigenvalue weighted by atomic mass is 9.69. The number of aliphatic hydroxyl groups is 6. The first kappa shape index (κ1) is 50.7. The first-order valence-corrected chi connectivity index (χ1v) is 21.8. The lowest BCUT2D eigenvalue weighted by Gasteiger charge is -2.58. The third kappa shape index (κ3) is 11.1. The van der Waals surface area contributed by atoms with E-state index in [1.807, 2.05) is 38.2 Å². The van der Waals surface area contributed by atoms with Gasteiger partial charge in [-0.25, -0.2) is 4.79 Å². The van der Waals surface area contributed by atoms with Gasteiger partial charge in [0.1, 0.15) is 17.5 Å². The first-order valence-electron chi connectivity index (χ1n) is 21.8. The van der Waals surface area contributed by atoms with E-state index in [0.29, 0.717) is 19.3 Å². The summed E-state index contributed by atoms with van der Waals surface area (Å²) in [6, 6.07) is 0. The van der Waals surface area contributed by atoms with Gasteiger partial charge in [-0.15, -0.1) is 0 Å². The number of carbonyl (C=O) groups excluding carboxylic acids is 4. The van der Waals surface area contributed by atoms with Gasteiger partial charge >= 0.3 is 5.97 Å². The standard InChI is InChI=1S/C46H74O13/c1-12-33-18-16-14-15-17-26(4)41(53)44(11,55)42(54)32(10)40(52)31(9)39(51)30(8)38(50)25(3)19-22-37(49)57-43-29(7)34(21-20-33)58-46(45(43,56)13-2)36(48)23-27(5)35(59-46)24-28(6)47/h14-16,18-19,22,25-35,38,40-41,43,47,50,52-53,55-56H,12-13,17,20-21,23-24H2,1-11H3/b15-14+,18-16+,22-19+/t25-,26+,27-,28+,29+,30-,31-,32-,33-,34-,35-,38+,40?,41-,43+,44+,45+,46-/m1/s1. The molecule has 3 aliphatic heterocycles. The molecule has 13 nitrogen and oxygen atoms in total. The van der Waals surface area contributed by atoms with Crippen LogP contribution in [0.25, 0.3) is 0 Å². The summed E-state index contributed by atoms with van der Waals surface area (Å²) in [6.45, 7) is 17.8. The maximum Gasteiger partial charge on any atom is 0.330 e. The summed E-state index contributed by atoms with van der Waals surface area (Å²) in [5.41, 5.74) is -4.34. The molecule has 336 valence electrons. The van der Waals surface area contributed by atoms with Crippen molar-refractivity contribution >= 4 is 23.3 Å². The molecule has 1 unspecified atom stereocenters. The summed E-state index contributed by atoms with van der Waals surface area (Å²) in [5.74, 6) is -10.5. The van der Waals surface area contributed by atoms with Gasteiger partial charge in [0.2, 0.25) is 0 Å². The Balaban J connectivity index is 2.09. The second-order valence-electron chi connectivity index (χ2n) is 18.3. The fourth-order valence-corrected chi connectivity index (χ4v) is 9.21. The van der Waals surface area contributed by atoms with Crippen LogP contribution in [-0.4, -0.2) is 114 Å². The highest BCUT2D eigenvalue weighted by atomic mass is 16.7. The number of hydrogen-bond acceptors (Lipinski definition) is 13. The molecule has 2 fully saturated rings. The first-order chi connectivity index (χ1) is 27.4. The van der Waals surface area contributed by atoms with Crippen molar-refractivity contribution in [2.45, 2.75) is 181 Å². The number of rotatable bonds is 4. The Morgan fingerprint density at radius 3 is 2.05 bits per heavy atom. The highest BCUT2D eigenvalue weighted by Crippen LogP contribution is 2.51. The van der Waals surface area contributed by atoms with Crippen molar-refractivity contribution in [3.05, 3.63) is 36.5 Å². The number of esters is 1. The molecule has 0 radical (unpaired) electrons. The molecule has 2 bridgehead atoms. The minimum absolute atomic E-state index is 0.0123. The number of hydrogen-bond donors (Lipinski definition) is 6. The lowest BCUT2D eigenvalue weighted by Crippen LogP contribution is -2.76. The fourth-order valence-electron chi connectivity index (χ4n) is 9.21. The van der Waals surface area contributed by atoms with E-state index in [-0.39, 0.29) is 31.1 Å². The van der Waals surface area contributed by atoms with Gasteiger partial charge in [-0.1, -0.05) is 92.7 Å². The fraction of sp³-hybridized carbons (Fsp3) is 0.783. The van der Waals surface area contributed by atoms with Crippen LogP contribution in [0.15, 0.2) is 36.5 Å². The highest BCUT2D eigenvalue weighted by Gasteiger charge is 2.70. The van der Waals surface area contributed by atoms with Crippen LogP contribution >= 0.6 is 0 Å². The molecule has 0 aliphatic carbocycles. The van der Waals surface area contributed by atoms with Crippen molar-refractivity contribution in [1.29, 1.82) is 0 Å². The number of allylic oxidation sites excluding steroid dienone is 4. The van der Waals surface area contributed by atoms with E-state index in [1.165, 1.54) is 33.8 Å². The molecule has 18 atom stereocenters. The molecule has 0 aromatic heterocycles. The summed E-state index contributed by atoms with van der Waals surface area (Å²) >= 11 is 0. The topological polar surface area (TPSA) is 217 Å². The molecule has 0 aromatic rings. The summed E-state index contributed by atoms with van der Waals surface area (Å²) in [7, 11) is 0. The maximum atomic E-state index is 14.2. The molecule has 6 N–H and O–H groups in total. The number of ketones is 3. The molecule has 59 heavy (non-hydrogen) atoms. The second kappa shape index (κ2) is 21.0. The van der Waals surface area contributed by atoms with Crippen molar-refractivity contribution in [3.8, 4) is 0 Å². The zero-order valence-electron chi connectivity index (χ0n) is 37.1. The van der Waals surface area contributed by atoms with Crippen LogP contribution < -0.4 is 0 Å². The average molecular weight is 835 g/mol. The molecule has 3 heterocycles.